The molecule has 33 heavy (non-hydrogen) atoms. The third kappa shape index (κ3) is 4.63. The van der Waals surface area contributed by atoms with Crippen molar-refractivity contribution in [2.75, 3.05) is 13.2 Å². The Morgan fingerprint density at radius 2 is 1.76 bits per heavy atom. The van der Waals surface area contributed by atoms with Crippen LogP contribution in [0.2, 0.25) is 0 Å². The molecule has 0 aliphatic heterocycles. The van der Waals surface area contributed by atoms with Gasteiger partial charge in [-0.05, 0) is 55.0 Å². The summed E-state index contributed by atoms with van der Waals surface area (Å²) in [4.78, 5) is 24.7. The number of carbonyl (C=O) groups excluding carboxylic acids is 1. The molecule has 5 rings (SSSR count). The fourth-order valence-corrected chi connectivity index (χ4v) is 4.51. The number of thiazole rings is 1. The summed E-state index contributed by atoms with van der Waals surface area (Å²) in [5.74, 6) is 1.28. The number of ether oxygens (including phenoxy) is 1. The molecule has 5 aromatic rings. The zero-order valence-corrected chi connectivity index (χ0v) is 18.9. The lowest BCUT2D eigenvalue weighted by atomic mass is 10.1. The molecule has 164 valence electrons. The number of rotatable bonds is 7. The lowest BCUT2D eigenvalue weighted by Crippen LogP contribution is -2.28. The maximum atomic E-state index is 11.6. The van der Waals surface area contributed by atoms with Crippen molar-refractivity contribution >= 4 is 50.1 Å². The van der Waals surface area contributed by atoms with E-state index >= 15 is 0 Å². The van der Waals surface area contributed by atoms with Crippen molar-refractivity contribution in [3.63, 3.8) is 0 Å². The summed E-state index contributed by atoms with van der Waals surface area (Å²) in [7, 11) is 0. The molecule has 0 radical (unpaired) electrons. The molecule has 2 heterocycles. The maximum absolute atomic E-state index is 11.6. The van der Waals surface area contributed by atoms with Gasteiger partial charge in [-0.25, -0.2) is 9.97 Å². The van der Waals surface area contributed by atoms with E-state index < -0.39 is 0 Å². The molecular formula is C26H22N4O2S. The Morgan fingerprint density at radius 3 is 2.52 bits per heavy atom. The minimum absolute atomic E-state index is 0.00103. The Labute approximate surface area is 195 Å². The number of nitrogens with zero attached hydrogens (tertiary/aromatic N) is 2. The van der Waals surface area contributed by atoms with E-state index in [0.29, 0.717) is 12.3 Å². The monoisotopic (exact) mass is 454 g/mol. The van der Waals surface area contributed by atoms with Crippen molar-refractivity contribution in [3.8, 4) is 5.75 Å². The number of para-hydroxylation sites is 3. The molecule has 1 amide bonds. The largest absolute Gasteiger partial charge is 0.484 e. The lowest BCUT2D eigenvalue weighted by molar-refractivity contribution is -0.122. The normalized spacial score (nSPS) is 11.7. The zero-order valence-electron chi connectivity index (χ0n) is 18.0. The van der Waals surface area contributed by atoms with Crippen LogP contribution in [0.25, 0.3) is 32.9 Å². The molecule has 3 aromatic carbocycles. The predicted octanol–water partition coefficient (Wildman–Crippen LogP) is 5.28. The molecule has 0 aliphatic rings. The standard InChI is InChI=1S/C26H22N4O2S/c1-2-27-24(31)16-32-18-13-11-17(12-14-18)15-19(25-28-20-7-3-4-8-21(20)29-25)26-30-22-9-5-6-10-23(22)33-26/h3-15H,2,16H2,1H3,(H,27,31)(H,28,29)/b19-15-. The Hall–Kier alpha value is -3.97. The van der Waals surface area contributed by atoms with Crippen LogP contribution in [0.15, 0.2) is 72.8 Å². The van der Waals surface area contributed by atoms with Crippen molar-refractivity contribution in [2.24, 2.45) is 0 Å². The Morgan fingerprint density at radius 1 is 1.00 bits per heavy atom. The van der Waals surface area contributed by atoms with Crippen molar-refractivity contribution < 1.29 is 9.53 Å². The fraction of sp³-hybridized carbons (Fsp3) is 0.115. The van der Waals surface area contributed by atoms with E-state index in [2.05, 4.69) is 22.4 Å². The van der Waals surface area contributed by atoms with Crippen LogP contribution in [-0.2, 0) is 4.79 Å². The summed E-state index contributed by atoms with van der Waals surface area (Å²) in [6.45, 7) is 2.46. The van der Waals surface area contributed by atoms with Gasteiger partial charge in [-0.15, -0.1) is 11.3 Å². The van der Waals surface area contributed by atoms with Gasteiger partial charge < -0.3 is 15.0 Å². The number of carbonyl (C=O) groups is 1. The van der Waals surface area contributed by atoms with Crippen molar-refractivity contribution in [1.82, 2.24) is 20.3 Å². The molecule has 0 aliphatic carbocycles. The van der Waals surface area contributed by atoms with Crippen molar-refractivity contribution in [2.45, 2.75) is 6.92 Å². The molecular weight excluding hydrogens is 432 g/mol. The molecule has 0 bridgehead atoms. The Kier molecular flexibility index (Phi) is 5.87. The number of hydrogen-bond acceptors (Lipinski definition) is 5. The van der Waals surface area contributed by atoms with Gasteiger partial charge in [0.1, 0.15) is 16.6 Å². The minimum atomic E-state index is -0.135. The molecule has 2 N–H and O–H groups in total. The third-order valence-corrected chi connectivity index (χ3v) is 6.17. The average molecular weight is 455 g/mol. The second-order valence-corrected chi connectivity index (χ2v) is 8.49. The highest BCUT2D eigenvalue weighted by molar-refractivity contribution is 7.19. The maximum Gasteiger partial charge on any atom is 0.257 e. The second kappa shape index (κ2) is 9.26. The van der Waals surface area contributed by atoms with Gasteiger partial charge in [0.2, 0.25) is 0 Å². The smallest absolute Gasteiger partial charge is 0.257 e. The van der Waals surface area contributed by atoms with E-state index in [9.17, 15) is 4.79 Å². The molecule has 0 atom stereocenters. The number of nitrogens with one attached hydrogen (secondary N) is 2. The zero-order chi connectivity index (χ0) is 22.6. The minimum Gasteiger partial charge on any atom is -0.484 e. The van der Waals surface area contributed by atoms with Crippen LogP contribution < -0.4 is 10.1 Å². The van der Waals surface area contributed by atoms with Gasteiger partial charge in [0.15, 0.2) is 6.61 Å². The first-order valence-electron chi connectivity index (χ1n) is 10.7. The molecule has 0 saturated heterocycles. The third-order valence-electron chi connectivity index (χ3n) is 5.10. The van der Waals surface area contributed by atoms with E-state index in [1.165, 1.54) is 0 Å². The molecule has 6 nitrogen and oxygen atoms in total. The van der Waals surface area contributed by atoms with Crippen LogP contribution in [0.3, 0.4) is 0 Å². The van der Waals surface area contributed by atoms with Crippen molar-refractivity contribution in [3.05, 3.63) is 89.2 Å². The van der Waals surface area contributed by atoms with E-state index in [1.54, 1.807) is 11.3 Å². The number of aromatic amines is 1. The predicted molar refractivity (Wildman–Crippen MR) is 133 cm³/mol. The Bertz CT molecular complexity index is 1310. The van der Waals surface area contributed by atoms with Crippen LogP contribution in [0.1, 0.15) is 23.3 Å². The van der Waals surface area contributed by atoms with Crippen molar-refractivity contribution in [1.29, 1.82) is 0 Å². The quantitative estimate of drug-likeness (QED) is 0.351. The second-order valence-electron chi connectivity index (χ2n) is 7.46. The number of likely N-dealkylation sites (N-methyl/N-ethyl adjacent to an activating group) is 1. The van der Waals surface area contributed by atoms with E-state index in [-0.39, 0.29) is 12.5 Å². The van der Waals surface area contributed by atoms with E-state index in [1.807, 2.05) is 73.7 Å². The van der Waals surface area contributed by atoms with Crippen LogP contribution in [0.5, 0.6) is 5.75 Å². The molecule has 0 fully saturated rings. The van der Waals surface area contributed by atoms with Crippen LogP contribution in [0.4, 0.5) is 0 Å². The van der Waals surface area contributed by atoms with Gasteiger partial charge in [-0.3, -0.25) is 4.79 Å². The van der Waals surface area contributed by atoms with Crippen LogP contribution in [0, 0.1) is 0 Å². The summed E-state index contributed by atoms with van der Waals surface area (Å²) >= 11 is 1.64. The first-order valence-corrected chi connectivity index (χ1v) is 11.5. The molecule has 0 unspecified atom stereocenters. The van der Waals surface area contributed by atoms with Gasteiger partial charge in [-0.2, -0.15) is 0 Å². The lowest BCUT2D eigenvalue weighted by Gasteiger charge is -2.07. The number of hydrogen-bond donors (Lipinski definition) is 2. The first-order chi connectivity index (χ1) is 16.2. The summed E-state index contributed by atoms with van der Waals surface area (Å²) in [5, 5.41) is 3.62. The number of benzene rings is 3. The summed E-state index contributed by atoms with van der Waals surface area (Å²) in [6.07, 6.45) is 2.07. The number of fused-ring (bicyclic) bond motifs is 2. The number of amides is 1. The summed E-state index contributed by atoms with van der Waals surface area (Å²) < 4.78 is 6.70. The highest BCUT2D eigenvalue weighted by Crippen LogP contribution is 2.32. The molecule has 2 aromatic heterocycles. The number of aromatic nitrogens is 3. The molecule has 0 spiro atoms. The average Bonchev–Trinajstić information content (AvgIpc) is 3.46. The number of H-pyrrole nitrogens is 1. The highest BCUT2D eigenvalue weighted by atomic mass is 32.1. The topological polar surface area (TPSA) is 79.9 Å². The Balaban J connectivity index is 1.50. The van der Waals surface area contributed by atoms with E-state index in [4.69, 9.17) is 14.7 Å². The summed E-state index contributed by atoms with van der Waals surface area (Å²) in [6, 6.07) is 23.7. The van der Waals surface area contributed by atoms with E-state index in [0.717, 1.165) is 43.2 Å². The first kappa shape index (κ1) is 20.9. The van der Waals surface area contributed by atoms with Gasteiger partial charge in [0.05, 0.1) is 26.8 Å². The number of imidazole rings is 1. The van der Waals surface area contributed by atoms with Gasteiger partial charge in [0.25, 0.3) is 5.91 Å². The van der Waals surface area contributed by atoms with Gasteiger partial charge in [0, 0.05) is 6.54 Å². The van der Waals surface area contributed by atoms with Crippen LogP contribution in [-0.4, -0.2) is 34.0 Å². The summed E-state index contributed by atoms with van der Waals surface area (Å²) in [5.41, 5.74) is 4.76. The SMILES string of the molecule is CCNC(=O)COc1ccc(/C=C(/c2nc3ccccc3[nH]2)c2nc3ccccc3s2)cc1. The van der Waals surface area contributed by atoms with Crippen LogP contribution >= 0.6 is 11.3 Å². The van der Waals surface area contributed by atoms with Gasteiger partial charge in [-0.1, -0.05) is 36.4 Å². The highest BCUT2D eigenvalue weighted by Gasteiger charge is 2.15. The molecule has 7 heteroatoms. The fourth-order valence-electron chi connectivity index (χ4n) is 3.52. The molecule has 0 saturated carbocycles. The van der Waals surface area contributed by atoms with Gasteiger partial charge >= 0.3 is 0 Å².